The summed E-state index contributed by atoms with van der Waals surface area (Å²) in [5.74, 6) is 0. The summed E-state index contributed by atoms with van der Waals surface area (Å²) in [5, 5.41) is 0. The van der Waals surface area contributed by atoms with E-state index in [-0.39, 0.29) is 0 Å². The molecule has 0 atom stereocenters. The monoisotopic (exact) mass is 940 g/mol. The Bertz CT molecular complexity index is 1290. The van der Waals surface area contributed by atoms with Gasteiger partial charge in [-0.2, -0.15) is 0 Å². The van der Waals surface area contributed by atoms with E-state index in [2.05, 4.69) is 201 Å². The normalized spacial score (nSPS) is 13.6. The Kier molecular flexibility index (Phi) is 7.75. The van der Waals surface area contributed by atoms with Crippen LogP contribution in [0.4, 0.5) is 0 Å². The van der Waals surface area contributed by atoms with Crippen molar-refractivity contribution in [3.05, 3.63) is 144 Å². The molecule has 7 heteroatoms. The summed E-state index contributed by atoms with van der Waals surface area (Å²) in [6.07, 6.45) is 0. The van der Waals surface area contributed by atoms with Gasteiger partial charge in [0.05, 0.1) is 0 Å². The van der Waals surface area contributed by atoms with Gasteiger partial charge < -0.3 is 0 Å². The van der Waals surface area contributed by atoms with E-state index in [9.17, 15) is 0 Å². The van der Waals surface area contributed by atoms with E-state index in [1.54, 1.807) is 0 Å². The summed E-state index contributed by atoms with van der Waals surface area (Å²) in [6, 6.07) is 42.9. The predicted octanol–water partition coefficient (Wildman–Crippen LogP) is 8.43. The molecule has 0 unspecified atom stereocenters. The minimum absolute atomic E-state index is 1.00. The number of hydrogen-bond donors (Lipinski definition) is 0. The zero-order chi connectivity index (χ0) is 26.3. The molecule has 0 aliphatic heterocycles. The van der Waals surface area contributed by atoms with E-state index in [4.69, 9.17) is 8.96 Å². The van der Waals surface area contributed by atoms with E-state index >= 15 is 0 Å². The molecular formula is C30H20Br5ClTe. The third-order valence-electron chi connectivity index (χ3n) is 6.87. The van der Waals surface area contributed by atoms with Crippen LogP contribution in [-0.4, -0.2) is 14.3 Å². The number of halogens is 6. The fourth-order valence-electron chi connectivity index (χ4n) is 5.15. The molecule has 0 spiro atoms. The topological polar surface area (TPSA) is 0 Å². The molecule has 0 aliphatic carbocycles. The summed E-state index contributed by atoms with van der Waals surface area (Å²) in [5.41, 5.74) is 0. The van der Waals surface area contributed by atoms with Crippen molar-refractivity contribution >= 4 is 121 Å². The van der Waals surface area contributed by atoms with Crippen molar-refractivity contribution in [1.82, 2.24) is 0 Å². The van der Waals surface area contributed by atoms with Gasteiger partial charge in [-0.15, -0.1) is 0 Å². The molecule has 0 aromatic heterocycles. The van der Waals surface area contributed by atoms with Crippen LogP contribution in [0.3, 0.4) is 0 Å². The molecule has 5 aromatic carbocycles. The van der Waals surface area contributed by atoms with E-state index in [0.29, 0.717) is 0 Å². The molecule has 37 heavy (non-hydrogen) atoms. The Morgan fingerprint density at radius 2 is 0.432 bits per heavy atom. The Labute approximate surface area is 261 Å². The second kappa shape index (κ2) is 10.2. The van der Waals surface area contributed by atoms with Crippen molar-refractivity contribution in [3.63, 3.8) is 0 Å². The summed E-state index contributed by atoms with van der Waals surface area (Å²) >= 11 is 12.5. The van der Waals surface area contributed by atoms with Crippen molar-refractivity contribution in [2.75, 3.05) is 0 Å². The Hall–Kier alpha value is -0.420. The molecule has 0 amide bonds. The summed E-state index contributed by atoms with van der Waals surface area (Å²) in [7, 11) is 9.06. The molecule has 5 rings (SSSR count). The standard InChI is InChI=1S/C30H20Br5ClTe/c31-21-1-11-26(12-2-21)37(36,27-13-3-22(32)4-14-27,28-15-5-23(33)6-16-28,29-17-7-24(34)8-18-29)30-19-9-25(35)10-20-30/h1-20H. The third kappa shape index (κ3) is 4.05. The molecule has 0 radical (unpaired) electrons. The molecule has 0 nitrogen and oxygen atoms in total. The van der Waals surface area contributed by atoms with Gasteiger partial charge in [0.15, 0.2) is 0 Å². The van der Waals surface area contributed by atoms with Crippen LogP contribution >= 0.6 is 88.6 Å². The quantitative estimate of drug-likeness (QED) is 0.156. The summed E-state index contributed by atoms with van der Waals surface area (Å²) in [6.45, 7) is 0. The molecular weight excluding hydrogens is 923 g/mol. The summed E-state index contributed by atoms with van der Waals surface area (Å²) < 4.78 is 10.4. The first-order valence-electron chi connectivity index (χ1n) is 11.2. The first-order chi connectivity index (χ1) is 17.6. The number of benzene rings is 5. The molecule has 0 saturated carbocycles. The van der Waals surface area contributed by atoms with Gasteiger partial charge in [0.25, 0.3) is 0 Å². The average molecular weight is 943 g/mol. The predicted molar refractivity (Wildman–Crippen MR) is 180 cm³/mol. The van der Waals surface area contributed by atoms with Gasteiger partial charge in [0.2, 0.25) is 0 Å². The van der Waals surface area contributed by atoms with Gasteiger partial charge >= 0.3 is 265 Å². The zero-order valence-corrected chi connectivity index (χ0v) is 30.2. The van der Waals surface area contributed by atoms with E-state index in [1.807, 2.05) is 0 Å². The van der Waals surface area contributed by atoms with Gasteiger partial charge in [0, 0.05) is 0 Å². The fraction of sp³-hybridized carbons (Fsp3) is 0. The van der Waals surface area contributed by atoms with E-state index in [1.165, 1.54) is 0 Å². The third-order valence-corrected chi connectivity index (χ3v) is 35.4. The Morgan fingerprint density at radius 1 is 0.297 bits per heavy atom. The van der Waals surface area contributed by atoms with Crippen LogP contribution in [-0.2, 0) is 0 Å². The van der Waals surface area contributed by atoms with Crippen molar-refractivity contribution in [3.8, 4) is 0 Å². The SMILES string of the molecule is Cl[Te](c1ccc(Br)cc1)(c1ccc(Br)cc1)(c1ccc(Br)cc1)(c1ccc(Br)cc1)c1ccc(Br)cc1. The van der Waals surface area contributed by atoms with Gasteiger partial charge in [-0.05, 0) is 0 Å². The molecule has 0 fully saturated rings. The van der Waals surface area contributed by atoms with Crippen molar-refractivity contribution < 1.29 is 0 Å². The second-order valence-corrected chi connectivity index (χ2v) is 33.2. The van der Waals surface area contributed by atoms with Gasteiger partial charge in [-0.1, -0.05) is 0 Å². The second-order valence-electron chi connectivity index (χ2n) is 8.68. The van der Waals surface area contributed by atoms with E-state index in [0.717, 1.165) is 40.4 Å². The minimum atomic E-state index is -5.80. The van der Waals surface area contributed by atoms with Crippen LogP contribution in [0.2, 0.25) is 0 Å². The van der Waals surface area contributed by atoms with Crippen molar-refractivity contribution in [1.29, 1.82) is 0 Å². The molecule has 5 aromatic rings. The van der Waals surface area contributed by atoms with Gasteiger partial charge in [0.1, 0.15) is 0 Å². The molecule has 0 bridgehead atoms. The van der Waals surface area contributed by atoms with Crippen LogP contribution in [0.5, 0.6) is 0 Å². The van der Waals surface area contributed by atoms with E-state index < -0.39 is 14.3 Å². The van der Waals surface area contributed by atoms with Crippen LogP contribution < -0.4 is 18.1 Å². The Morgan fingerprint density at radius 3 is 0.568 bits per heavy atom. The summed E-state index contributed by atoms with van der Waals surface area (Å²) in [4.78, 5) is 0. The molecule has 0 aliphatic rings. The zero-order valence-electron chi connectivity index (χ0n) is 19.2. The first kappa shape index (κ1) is 28.1. The maximum atomic E-state index is 9.06. The Balaban J connectivity index is 2.20. The van der Waals surface area contributed by atoms with Crippen molar-refractivity contribution in [2.45, 2.75) is 0 Å². The average Bonchev–Trinajstić information content (AvgIpc) is 2.90. The molecule has 188 valence electrons. The van der Waals surface area contributed by atoms with Gasteiger partial charge in [-0.25, -0.2) is 0 Å². The number of hydrogen-bond acceptors (Lipinski definition) is 0. The molecule has 0 N–H and O–H groups in total. The van der Waals surface area contributed by atoms with Crippen molar-refractivity contribution in [2.24, 2.45) is 0 Å². The van der Waals surface area contributed by atoms with Crippen LogP contribution in [0.15, 0.2) is 144 Å². The van der Waals surface area contributed by atoms with Gasteiger partial charge in [-0.3, -0.25) is 0 Å². The van der Waals surface area contributed by atoms with Crippen LogP contribution in [0.25, 0.3) is 0 Å². The molecule has 0 heterocycles. The van der Waals surface area contributed by atoms with Crippen LogP contribution in [0.1, 0.15) is 0 Å². The maximum absolute atomic E-state index is 9.06. The molecule has 0 saturated heterocycles. The fourth-order valence-corrected chi connectivity index (χ4v) is 28.9. The first-order valence-corrected chi connectivity index (χ1v) is 24.0. The number of rotatable bonds is 5. The van der Waals surface area contributed by atoms with Crippen LogP contribution in [0, 0.1) is 0 Å².